The fraction of sp³-hybridized carbons (Fsp3) is 0.118. The largest absolute Gasteiger partial charge is 0.278 e. The van der Waals surface area contributed by atoms with E-state index >= 15 is 0 Å². The Balaban J connectivity index is 1.92. The Morgan fingerprint density at radius 1 is 1.00 bits per heavy atom. The lowest BCUT2D eigenvalue weighted by atomic mass is 10.1. The Morgan fingerprint density at radius 3 is 2.53 bits per heavy atom. The van der Waals surface area contributed by atoms with Crippen molar-refractivity contribution in [1.29, 1.82) is 0 Å². The number of nitrogens with zero attached hydrogens (tertiary/aromatic N) is 1. The van der Waals surface area contributed by atoms with Crippen LogP contribution >= 0.6 is 0 Å². The summed E-state index contributed by atoms with van der Waals surface area (Å²) in [4.78, 5) is 0. The van der Waals surface area contributed by atoms with Gasteiger partial charge in [-0.25, -0.2) is 0 Å². The molecule has 19 heavy (non-hydrogen) atoms. The SMILES string of the molecule is CCc1ccccc1N/N=C\C=C\c1ccccc1. The average Bonchev–Trinajstić information content (AvgIpc) is 2.48. The van der Waals surface area contributed by atoms with E-state index in [0.29, 0.717) is 0 Å². The van der Waals surface area contributed by atoms with Crippen molar-refractivity contribution in [3.05, 3.63) is 71.8 Å². The summed E-state index contributed by atoms with van der Waals surface area (Å²) in [6, 6.07) is 18.4. The minimum absolute atomic E-state index is 0.999. The van der Waals surface area contributed by atoms with Crippen LogP contribution in [0.1, 0.15) is 18.1 Å². The van der Waals surface area contributed by atoms with Gasteiger partial charge in [-0.15, -0.1) is 0 Å². The van der Waals surface area contributed by atoms with Crippen molar-refractivity contribution in [3.8, 4) is 0 Å². The third kappa shape index (κ3) is 4.11. The summed E-state index contributed by atoms with van der Waals surface area (Å²) in [5.41, 5.74) is 6.57. The summed E-state index contributed by atoms with van der Waals surface area (Å²) in [6.07, 6.45) is 6.71. The van der Waals surface area contributed by atoms with E-state index in [1.54, 1.807) is 6.21 Å². The lowest BCUT2D eigenvalue weighted by Crippen LogP contribution is -1.93. The molecule has 0 aromatic heterocycles. The summed E-state index contributed by atoms with van der Waals surface area (Å²) < 4.78 is 0. The Kier molecular flexibility index (Phi) is 4.94. The quantitative estimate of drug-likeness (QED) is 0.619. The number of aryl methyl sites for hydroxylation is 1. The van der Waals surface area contributed by atoms with E-state index in [9.17, 15) is 0 Å². The Labute approximate surface area is 114 Å². The molecular formula is C17H18N2. The number of hydrogen-bond acceptors (Lipinski definition) is 2. The minimum Gasteiger partial charge on any atom is -0.278 e. The highest BCUT2D eigenvalue weighted by atomic mass is 15.3. The van der Waals surface area contributed by atoms with Gasteiger partial charge >= 0.3 is 0 Å². The highest BCUT2D eigenvalue weighted by molar-refractivity contribution is 5.78. The van der Waals surface area contributed by atoms with Gasteiger partial charge in [0.05, 0.1) is 5.69 Å². The molecule has 0 heterocycles. The molecule has 0 radical (unpaired) electrons. The molecule has 96 valence electrons. The van der Waals surface area contributed by atoms with E-state index < -0.39 is 0 Å². The summed E-state index contributed by atoms with van der Waals surface area (Å²) >= 11 is 0. The van der Waals surface area contributed by atoms with E-state index in [4.69, 9.17) is 0 Å². The highest BCUT2D eigenvalue weighted by Crippen LogP contribution is 2.14. The molecule has 0 aliphatic rings. The maximum atomic E-state index is 4.20. The molecule has 2 nitrogen and oxygen atoms in total. The molecule has 0 bridgehead atoms. The van der Waals surface area contributed by atoms with Crippen molar-refractivity contribution in [1.82, 2.24) is 0 Å². The Hall–Kier alpha value is -2.35. The summed E-state index contributed by atoms with van der Waals surface area (Å²) in [5.74, 6) is 0. The molecule has 2 heteroatoms. The van der Waals surface area contributed by atoms with Crippen molar-refractivity contribution in [2.45, 2.75) is 13.3 Å². The fourth-order valence-electron chi connectivity index (χ4n) is 1.81. The molecule has 1 N–H and O–H groups in total. The molecule has 0 saturated carbocycles. The van der Waals surface area contributed by atoms with Gasteiger partial charge in [-0.1, -0.05) is 61.5 Å². The number of nitrogens with one attached hydrogen (secondary N) is 1. The van der Waals surface area contributed by atoms with Gasteiger partial charge in [-0.2, -0.15) is 5.10 Å². The third-order valence-corrected chi connectivity index (χ3v) is 2.83. The molecule has 0 saturated heterocycles. The number of hydrogen-bond donors (Lipinski definition) is 1. The first-order chi connectivity index (χ1) is 9.40. The highest BCUT2D eigenvalue weighted by Gasteiger charge is 1.95. The van der Waals surface area contributed by atoms with Gasteiger partial charge in [-0.05, 0) is 29.7 Å². The van der Waals surface area contributed by atoms with Crippen LogP contribution in [0.2, 0.25) is 0 Å². The van der Waals surface area contributed by atoms with Crippen molar-refractivity contribution in [2.24, 2.45) is 5.10 Å². The van der Waals surface area contributed by atoms with Crippen LogP contribution in [0.5, 0.6) is 0 Å². The predicted octanol–water partition coefficient (Wildman–Crippen LogP) is 4.36. The Bertz CT molecular complexity index is 556. The minimum atomic E-state index is 0.999. The maximum Gasteiger partial charge on any atom is 0.0593 e. The number of allylic oxidation sites excluding steroid dienone is 1. The average molecular weight is 250 g/mol. The maximum absolute atomic E-state index is 4.20. The van der Waals surface area contributed by atoms with E-state index in [1.807, 2.05) is 48.6 Å². The van der Waals surface area contributed by atoms with Gasteiger partial charge in [0.15, 0.2) is 0 Å². The zero-order valence-corrected chi connectivity index (χ0v) is 11.1. The van der Waals surface area contributed by atoms with Gasteiger partial charge < -0.3 is 0 Å². The lowest BCUT2D eigenvalue weighted by Gasteiger charge is -2.05. The van der Waals surface area contributed by atoms with E-state index in [2.05, 4.69) is 35.7 Å². The van der Waals surface area contributed by atoms with Crippen LogP contribution in [0.15, 0.2) is 65.8 Å². The second-order valence-corrected chi connectivity index (χ2v) is 4.17. The number of benzene rings is 2. The molecule has 2 aromatic rings. The third-order valence-electron chi connectivity index (χ3n) is 2.83. The monoisotopic (exact) mass is 250 g/mol. The zero-order chi connectivity index (χ0) is 13.3. The molecule has 0 aliphatic carbocycles. The van der Waals surface area contributed by atoms with Crippen molar-refractivity contribution < 1.29 is 0 Å². The van der Waals surface area contributed by atoms with Crippen LogP contribution in [0, 0.1) is 0 Å². The van der Waals surface area contributed by atoms with Crippen LogP contribution in [-0.4, -0.2) is 6.21 Å². The molecule has 0 aliphatic heterocycles. The van der Waals surface area contributed by atoms with Crippen molar-refractivity contribution in [2.75, 3.05) is 5.43 Å². The van der Waals surface area contributed by atoms with Gasteiger partial charge in [0.25, 0.3) is 0 Å². The van der Waals surface area contributed by atoms with E-state index in [1.165, 1.54) is 11.1 Å². The summed E-state index contributed by atoms with van der Waals surface area (Å²) in [5, 5.41) is 4.20. The van der Waals surface area contributed by atoms with Crippen LogP contribution in [0.25, 0.3) is 6.08 Å². The first kappa shape index (κ1) is 13.1. The second-order valence-electron chi connectivity index (χ2n) is 4.17. The van der Waals surface area contributed by atoms with Crippen LogP contribution in [0.3, 0.4) is 0 Å². The molecule has 0 spiro atoms. The first-order valence-electron chi connectivity index (χ1n) is 6.49. The standard InChI is InChI=1S/C17H18N2/c1-2-16-12-6-7-13-17(16)19-18-14-8-11-15-9-4-3-5-10-15/h3-14,19H,2H2,1H3/b11-8+,18-14-. The first-order valence-corrected chi connectivity index (χ1v) is 6.49. The van der Waals surface area contributed by atoms with Crippen LogP contribution < -0.4 is 5.43 Å². The number of para-hydroxylation sites is 1. The molecule has 0 atom stereocenters. The van der Waals surface area contributed by atoms with Gasteiger partial charge in [0, 0.05) is 6.21 Å². The van der Waals surface area contributed by atoms with Gasteiger partial charge in [-0.3, -0.25) is 5.43 Å². The van der Waals surface area contributed by atoms with E-state index in [0.717, 1.165) is 12.1 Å². The smallest absolute Gasteiger partial charge is 0.0593 e. The normalized spacial score (nSPS) is 11.2. The van der Waals surface area contributed by atoms with E-state index in [-0.39, 0.29) is 0 Å². The molecule has 2 aromatic carbocycles. The van der Waals surface area contributed by atoms with Crippen LogP contribution in [0.4, 0.5) is 5.69 Å². The topological polar surface area (TPSA) is 24.4 Å². The summed E-state index contributed by atoms with van der Waals surface area (Å²) in [7, 11) is 0. The van der Waals surface area contributed by atoms with Crippen molar-refractivity contribution >= 4 is 18.0 Å². The Morgan fingerprint density at radius 2 is 1.74 bits per heavy atom. The molecular weight excluding hydrogens is 232 g/mol. The summed E-state index contributed by atoms with van der Waals surface area (Å²) in [6.45, 7) is 2.14. The second kappa shape index (κ2) is 7.17. The fourth-order valence-corrected chi connectivity index (χ4v) is 1.81. The van der Waals surface area contributed by atoms with Gasteiger partial charge in [0.1, 0.15) is 0 Å². The molecule has 0 fully saturated rings. The van der Waals surface area contributed by atoms with Crippen molar-refractivity contribution in [3.63, 3.8) is 0 Å². The van der Waals surface area contributed by atoms with Crippen LogP contribution in [-0.2, 0) is 6.42 Å². The predicted molar refractivity (Wildman–Crippen MR) is 83.4 cm³/mol. The number of hydrazone groups is 1. The number of rotatable bonds is 5. The lowest BCUT2D eigenvalue weighted by molar-refractivity contribution is 1.13. The molecule has 2 rings (SSSR count). The number of anilines is 1. The molecule has 0 unspecified atom stereocenters. The zero-order valence-electron chi connectivity index (χ0n) is 11.1. The molecule has 0 amide bonds. The van der Waals surface area contributed by atoms with Gasteiger partial charge in [0.2, 0.25) is 0 Å².